The van der Waals surface area contributed by atoms with Gasteiger partial charge < -0.3 is 21.7 Å². The molecule has 0 bridgehead atoms. The van der Waals surface area contributed by atoms with Gasteiger partial charge in [0, 0.05) is 18.2 Å². The molecule has 0 saturated heterocycles. The average molecular weight is 247 g/mol. The lowest BCUT2D eigenvalue weighted by Crippen LogP contribution is -2.21. The minimum absolute atomic E-state index is 0. The number of aromatic hydroxyl groups is 1. The quantitative estimate of drug-likeness (QED) is 0.630. The van der Waals surface area contributed by atoms with E-state index in [1.54, 1.807) is 6.92 Å². The zero-order valence-corrected chi connectivity index (χ0v) is 9.62. The van der Waals surface area contributed by atoms with E-state index in [0.717, 1.165) is 0 Å². The van der Waals surface area contributed by atoms with Crippen LogP contribution in [0.25, 0.3) is 0 Å². The summed E-state index contributed by atoms with van der Waals surface area (Å²) in [5.74, 6) is -1.04. The molecule has 16 heavy (non-hydrogen) atoms. The van der Waals surface area contributed by atoms with Crippen molar-refractivity contribution in [2.45, 2.75) is 13.0 Å². The minimum atomic E-state index is -1.05. The average Bonchev–Trinajstić information content (AvgIpc) is 2.20. The van der Waals surface area contributed by atoms with Crippen LogP contribution in [0, 0.1) is 6.92 Å². The second-order valence-corrected chi connectivity index (χ2v) is 3.38. The molecule has 0 aromatic heterocycles. The summed E-state index contributed by atoms with van der Waals surface area (Å²) in [4.78, 5) is 10.8. The van der Waals surface area contributed by atoms with Gasteiger partial charge in [0.1, 0.15) is 5.75 Å². The second-order valence-electron chi connectivity index (χ2n) is 3.38. The van der Waals surface area contributed by atoms with Crippen molar-refractivity contribution >= 4 is 18.4 Å². The largest absolute Gasteiger partial charge is 0.507 e. The molecular formula is C10H15ClN2O3. The van der Waals surface area contributed by atoms with Crippen molar-refractivity contribution in [2.24, 2.45) is 11.5 Å². The van der Waals surface area contributed by atoms with Gasteiger partial charge >= 0.3 is 5.97 Å². The minimum Gasteiger partial charge on any atom is -0.507 e. The standard InChI is InChI=1S/C10H14N2O3.ClH/c1-5-2-6(10(14)15)3-7(9(5)13)8(12)4-11;/h2-3,8,13H,4,11-12H2,1H3,(H,14,15);1H/t8-;/m0./s1. The lowest BCUT2D eigenvalue weighted by Gasteiger charge is -2.13. The van der Waals surface area contributed by atoms with Crippen LogP contribution in [-0.4, -0.2) is 22.7 Å². The Kier molecular flexibility index (Phi) is 5.23. The summed E-state index contributed by atoms with van der Waals surface area (Å²) in [6, 6.07) is 2.19. The monoisotopic (exact) mass is 246 g/mol. The molecule has 90 valence electrons. The Morgan fingerprint density at radius 1 is 1.50 bits per heavy atom. The van der Waals surface area contributed by atoms with Crippen LogP contribution in [-0.2, 0) is 0 Å². The number of benzene rings is 1. The van der Waals surface area contributed by atoms with Crippen LogP contribution in [0.5, 0.6) is 5.75 Å². The number of aryl methyl sites for hydroxylation is 1. The van der Waals surface area contributed by atoms with Gasteiger partial charge in [-0.3, -0.25) is 0 Å². The first-order valence-electron chi connectivity index (χ1n) is 4.49. The highest BCUT2D eigenvalue weighted by Crippen LogP contribution is 2.27. The van der Waals surface area contributed by atoms with Gasteiger partial charge in [-0.05, 0) is 24.6 Å². The highest BCUT2D eigenvalue weighted by atomic mass is 35.5. The smallest absolute Gasteiger partial charge is 0.335 e. The zero-order valence-electron chi connectivity index (χ0n) is 8.80. The summed E-state index contributed by atoms with van der Waals surface area (Å²) in [7, 11) is 0. The topological polar surface area (TPSA) is 110 Å². The third kappa shape index (κ3) is 2.85. The molecule has 0 heterocycles. The van der Waals surface area contributed by atoms with Gasteiger partial charge in [0.2, 0.25) is 0 Å². The van der Waals surface area contributed by atoms with Gasteiger partial charge in [-0.1, -0.05) is 0 Å². The molecule has 0 saturated carbocycles. The molecule has 1 rings (SSSR count). The molecule has 6 heteroatoms. The number of rotatable bonds is 3. The second kappa shape index (κ2) is 5.69. The van der Waals surface area contributed by atoms with Gasteiger partial charge in [0.25, 0.3) is 0 Å². The Bertz CT molecular complexity index is 396. The summed E-state index contributed by atoms with van der Waals surface area (Å²) in [5, 5.41) is 18.5. The van der Waals surface area contributed by atoms with Crippen molar-refractivity contribution in [1.82, 2.24) is 0 Å². The van der Waals surface area contributed by atoms with Gasteiger partial charge in [0.15, 0.2) is 0 Å². The fourth-order valence-corrected chi connectivity index (χ4v) is 1.34. The SMILES string of the molecule is Cc1cc(C(=O)O)cc([C@@H](N)CN)c1O.Cl. The van der Waals surface area contributed by atoms with Gasteiger partial charge in [-0.2, -0.15) is 0 Å². The number of carboxylic acid groups (broad SMARTS) is 1. The number of hydrogen-bond donors (Lipinski definition) is 4. The van der Waals surface area contributed by atoms with Gasteiger partial charge in [-0.15, -0.1) is 12.4 Å². The number of aromatic carboxylic acids is 1. The molecule has 0 aliphatic carbocycles. The molecule has 0 spiro atoms. The van der Waals surface area contributed by atoms with Crippen LogP contribution in [0.4, 0.5) is 0 Å². The molecule has 0 fully saturated rings. The number of phenols is 1. The Morgan fingerprint density at radius 3 is 2.50 bits per heavy atom. The number of hydrogen-bond acceptors (Lipinski definition) is 4. The van der Waals surface area contributed by atoms with Crippen LogP contribution in [0.15, 0.2) is 12.1 Å². The van der Waals surface area contributed by atoms with Crippen LogP contribution < -0.4 is 11.5 Å². The number of carboxylic acids is 1. The maximum Gasteiger partial charge on any atom is 0.335 e. The van der Waals surface area contributed by atoms with Crippen LogP contribution in [0.1, 0.15) is 27.5 Å². The van der Waals surface area contributed by atoms with E-state index < -0.39 is 12.0 Å². The number of halogens is 1. The molecule has 0 aliphatic heterocycles. The summed E-state index contributed by atoms with van der Waals surface area (Å²) >= 11 is 0. The predicted molar refractivity (Wildman–Crippen MR) is 63.0 cm³/mol. The van der Waals surface area contributed by atoms with Crippen molar-refractivity contribution in [3.05, 3.63) is 28.8 Å². The van der Waals surface area contributed by atoms with Crippen molar-refractivity contribution in [3.8, 4) is 5.75 Å². The fourth-order valence-electron chi connectivity index (χ4n) is 1.34. The number of nitrogens with two attached hydrogens (primary N) is 2. The predicted octanol–water partition coefficient (Wildman–Crippen LogP) is 0.779. The zero-order chi connectivity index (χ0) is 11.6. The Labute approximate surface area is 99.5 Å². The van der Waals surface area contributed by atoms with Crippen molar-refractivity contribution in [2.75, 3.05) is 6.54 Å². The lowest BCUT2D eigenvalue weighted by atomic mass is 9.99. The van der Waals surface area contributed by atoms with E-state index in [0.29, 0.717) is 11.1 Å². The van der Waals surface area contributed by atoms with E-state index in [9.17, 15) is 9.90 Å². The summed E-state index contributed by atoms with van der Waals surface area (Å²) in [5.41, 5.74) is 12.0. The summed E-state index contributed by atoms with van der Waals surface area (Å²) < 4.78 is 0. The van der Waals surface area contributed by atoms with E-state index in [2.05, 4.69) is 0 Å². The molecule has 1 aromatic carbocycles. The summed E-state index contributed by atoms with van der Waals surface area (Å²) in [6.45, 7) is 1.77. The van der Waals surface area contributed by atoms with E-state index in [4.69, 9.17) is 16.6 Å². The molecule has 6 N–H and O–H groups in total. The van der Waals surface area contributed by atoms with E-state index in [-0.39, 0.29) is 30.3 Å². The first-order chi connectivity index (χ1) is 6.97. The van der Waals surface area contributed by atoms with Crippen molar-refractivity contribution in [1.29, 1.82) is 0 Å². The maximum atomic E-state index is 10.8. The molecule has 0 unspecified atom stereocenters. The first kappa shape index (κ1) is 14.7. The Morgan fingerprint density at radius 2 is 2.06 bits per heavy atom. The van der Waals surface area contributed by atoms with E-state index in [1.807, 2.05) is 0 Å². The highest BCUT2D eigenvalue weighted by molar-refractivity contribution is 5.88. The van der Waals surface area contributed by atoms with Crippen LogP contribution in [0.2, 0.25) is 0 Å². The van der Waals surface area contributed by atoms with Gasteiger partial charge in [-0.25, -0.2) is 4.79 Å². The Balaban J connectivity index is 0.00000225. The van der Waals surface area contributed by atoms with Crippen LogP contribution in [0.3, 0.4) is 0 Å². The molecular weight excluding hydrogens is 232 g/mol. The number of phenolic OH excluding ortho intramolecular Hbond substituents is 1. The molecule has 0 radical (unpaired) electrons. The number of carbonyl (C=O) groups is 1. The third-order valence-electron chi connectivity index (χ3n) is 2.23. The molecule has 1 atom stereocenters. The van der Waals surface area contributed by atoms with Crippen LogP contribution >= 0.6 is 12.4 Å². The lowest BCUT2D eigenvalue weighted by molar-refractivity contribution is 0.0696. The van der Waals surface area contributed by atoms with Crippen molar-refractivity contribution in [3.63, 3.8) is 0 Å². The summed E-state index contributed by atoms with van der Waals surface area (Å²) in [6.07, 6.45) is 0. The first-order valence-corrected chi connectivity index (χ1v) is 4.49. The molecule has 0 aliphatic rings. The highest BCUT2D eigenvalue weighted by Gasteiger charge is 2.15. The third-order valence-corrected chi connectivity index (χ3v) is 2.23. The van der Waals surface area contributed by atoms with Crippen molar-refractivity contribution < 1.29 is 15.0 Å². The molecule has 1 aromatic rings. The maximum absolute atomic E-state index is 10.8. The molecule has 5 nitrogen and oxygen atoms in total. The van der Waals surface area contributed by atoms with E-state index >= 15 is 0 Å². The Hall–Kier alpha value is -1.30. The normalized spacial score (nSPS) is 11.7. The van der Waals surface area contributed by atoms with Gasteiger partial charge in [0.05, 0.1) is 5.56 Å². The fraction of sp³-hybridized carbons (Fsp3) is 0.300. The van der Waals surface area contributed by atoms with E-state index in [1.165, 1.54) is 12.1 Å². The molecule has 0 amide bonds.